The number of carbonyl (C=O) groups excluding carboxylic acids is 1. The molecule has 1 fully saturated rings. The third-order valence-corrected chi connectivity index (χ3v) is 7.46. The van der Waals surface area contributed by atoms with Crippen molar-refractivity contribution < 1.29 is 9.18 Å². The maximum atomic E-state index is 13.5. The summed E-state index contributed by atoms with van der Waals surface area (Å²) in [6, 6.07) is 21.0. The largest absolute Gasteiger partial charge is 0.337 e. The highest BCUT2D eigenvalue weighted by molar-refractivity contribution is 8.20. The van der Waals surface area contributed by atoms with E-state index in [4.69, 9.17) is 16.6 Å². The molecule has 1 amide bonds. The first-order valence-electron chi connectivity index (χ1n) is 9.38. The van der Waals surface area contributed by atoms with Crippen molar-refractivity contribution in [1.82, 2.24) is 0 Å². The third-order valence-electron chi connectivity index (χ3n) is 4.84. The van der Waals surface area contributed by atoms with Gasteiger partial charge < -0.3 is 4.90 Å². The number of benzene rings is 3. The summed E-state index contributed by atoms with van der Waals surface area (Å²) < 4.78 is 13.5. The molecular weight excluding hydrogens is 453 g/mol. The van der Waals surface area contributed by atoms with Gasteiger partial charge in [0.25, 0.3) is 5.91 Å². The van der Waals surface area contributed by atoms with Crippen LogP contribution in [0.1, 0.15) is 0 Å². The Kier molecular flexibility index (Phi) is 5.25. The van der Waals surface area contributed by atoms with E-state index in [1.165, 1.54) is 40.6 Å². The molecule has 8 heteroatoms. The zero-order valence-electron chi connectivity index (χ0n) is 16.3. The third kappa shape index (κ3) is 3.73. The first-order valence-corrected chi connectivity index (χ1v) is 11.4. The number of nitrogens with zero attached hydrogens (tertiary/aromatic N) is 3. The fraction of sp³-hybridized carbons (Fsp3) is 0.0435. The topological polar surface area (TPSA) is 35.9 Å². The minimum atomic E-state index is -0.360. The van der Waals surface area contributed by atoms with Crippen molar-refractivity contribution in [3.8, 4) is 0 Å². The van der Waals surface area contributed by atoms with Crippen molar-refractivity contribution in [3.63, 3.8) is 0 Å². The number of hydrogen-bond acceptors (Lipinski definition) is 5. The predicted octanol–water partition coefficient (Wildman–Crippen LogP) is 6.66. The van der Waals surface area contributed by atoms with Crippen LogP contribution in [0.2, 0.25) is 5.02 Å². The molecule has 0 bridgehead atoms. The van der Waals surface area contributed by atoms with Crippen molar-refractivity contribution in [2.45, 2.75) is 4.90 Å². The Bertz CT molecular complexity index is 1250. The molecule has 0 radical (unpaired) electrons. The molecule has 1 saturated heterocycles. The molecule has 3 aromatic carbocycles. The number of thioether (sulfide) groups is 2. The molecule has 2 heterocycles. The number of aliphatic imine (C=N–C) groups is 1. The molecule has 5 rings (SSSR count). The zero-order valence-corrected chi connectivity index (χ0v) is 18.6. The van der Waals surface area contributed by atoms with Crippen molar-refractivity contribution in [1.29, 1.82) is 0 Å². The first kappa shape index (κ1) is 20.2. The number of hydrogen-bond donors (Lipinski definition) is 0. The monoisotopic (exact) mass is 467 g/mol. The lowest BCUT2D eigenvalue weighted by Gasteiger charge is -2.16. The summed E-state index contributed by atoms with van der Waals surface area (Å²) in [6.07, 6.45) is 0. The van der Waals surface area contributed by atoms with Crippen LogP contribution in [0.25, 0.3) is 0 Å². The Labute approximate surface area is 192 Å². The Balaban J connectivity index is 1.61. The molecule has 3 aromatic rings. The molecule has 0 unspecified atom stereocenters. The number of fused-ring (bicyclic) bond motifs is 1. The molecule has 0 spiro atoms. The highest BCUT2D eigenvalue weighted by Gasteiger charge is 2.40. The van der Waals surface area contributed by atoms with Crippen LogP contribution >= 0.6 is 35.1 Å². The van der Waals surface area contributed by atoms with E-state index in [2.05, 4.69) is 0 Å². The maximum absolute atomic E-state index is 13.5. The highest BCUT2D eigenvalue weighted by atomic mass is 35.5. The summed E-state index contributed by atoms with van der Waals surface area (Å²) in [4.78, 5) is 23.4. The second-order valence-electron chi connectivity index (χ2n) is 6.86. The van der Waals surface area contributed by atoms with Gasteiger partial charge in [-0.1, -0.05) is 41.6 Å². The number of para-hydroxylation sites is 1. The van der Waals surface area contributed by atoms with Gasteiger partial charge in [0.05, 0.1) is 22.1 Å². The predicted molar refractivity (Wildman–Crippen MR) is 128 cm³/mol. The first-order chi connectivity index (χ1) is 15.0. The number of amidine groups is 1. The molecule has 0 atom stereocenters. The van der Waals surface area contributed by atoms with Crippen LogP contribution in [0.5, 0.6) is 0 Å². The molecule has 0 aromatic heterocycles. The average Bonchev–Trinajstić information content (AvgIpc) is 3.26. The van der Waals surface area contributed by atoms with Gasteiger partial charge >= 0.3 is 0 Å². The van der Waals surface area contributed by atoms with Crippen LogP contribution in [0.15, 0.2) is 92.6 Å². The summed E-state index contributed by atoms with van der Waals surface area (Å²) in [5.41, 5.74) is 2.25. The lowest BCUT2D eigenvalue weighted by Crippen LogP contribution is -2.29. The maximum Gasteiger partial charge on any atom is 0.274 e. The fourth-order valence-corrected chi connectivity index (χ4v) is 5.82. The van der Waals surface area contributed by atoms with E-state index in [1.807, 2.05) is 60.5 Å². The van der Waals surface area contributed by atoms with Crippen molar-refractivity contribution >= 4 is 63.3 Å². The lowest BCUT2D eigenvalue weighted by molar-refractivity contribution is -0.113. The van der Waals surface area contributed by atoms with Crippen LogP contribution in [0.4, 0.5) is 21.5 Å². The van der Waals surface area contributed by atoms with Crippen LogP contribution in [0, 0.1) is 5.82 Å². The summed E-state index contributed by atoms with van der Waals surface area (Å²) >= 11 is 9.01. The fourth-order valence-electron chi connectivity index (χ4n) is 3.33. The molecule has 31 heavy (non-hydrogen) atoms. The van der Waals surface area contributed by atoms with Gasteiger partial charge in [-0.15, -0.1) is 0 Å². The molecule has 0 aliphatic carbocycles. The minimum absolute atomic E-state index is 0.195. The number of anilines is 2. The Morgan fingerprint density at radius 1 is 0.968 bits per heavy atom. The van der Waals surface area contributed by atoms with E-state index in [0.29, 0.717) is 20.8 Å². The molecule has 154 valence electrons. The van der Waals surface area contributed by atoms with E-state index in [9.17, 15) is 9.18 Å². The number of halogens is 2. The van der Waals surface area contributed by atoms with Crippen LogP contribution in [0.3, 0.4) is 0 Å². The molecule has 2 aliphatic rings. The van der Waals surface area contributed by atoms with Gasteiger partial charge in [-0.3, -0.25) is 9.69 Å². The molecule has 0 saturated carbocycles. The van der Waals surface area contributed by atoms with Gasteiger partial charge in [0.15, 0.2) is 5.17 Å². The summed E-state index contributed by atoms with van der Waals surface area (Å²) in [7, 11) is 1.92. The van der Waals surface area contributed by atoms with E-state index >= 15 is 0 Å². The van der Waals surface area contributed by atoms with Crippen LogP contribution in [-0.4, -0.2) is 18.1 Å². The van der Waals surface area contributed by atoms with E-state index in [-0.39, 0.29) is 11.7 Å². The Morgan fingerprint density at radius 2 is 1.71 bits per heavy atom. The van der Waals surface area contributed by atoms with Crippen LogP contribution in [-0.2, 0) is 4.79 Å². The Morgan fingerprint density at radius 3 is 2.45 bits per heavy atom. The molecule has 4 nitrogen and oxygen atoms in total. The molecule has 2 aliphatic heterocycles. The molecule has 0 N–H and O–H groups in total. The quantitative estimate of drug-likeness (QED) is 0.395. The lowest BCUT2D eigenvalue weighted by atomic mass is 10.2. The smallest absolute Gasteiger partial charge is 0.274 e. The van der Waals surface area contributed by atoms with E-state index in [0.717, 1.165) is 21.3 Å². The minimum Gasteiger partial charge on any atom is -0.337 e. The SMILES string of the molecule is CN1C(=C2SC(=Nc3ccccc3)N(c3ccc(F)cc3)C2=O)Sc2ccc(Cl)cc21. The highest BCUT2D eigenvalue weighted by Crippen LogP contribution is 2.51. The van der Waals surface area contributed by atoms with Gasteiger partial charge in [-0.05, 0) is 66.4 Å². The van der Waals surface area contributed by atoms with Gasteiger partial charge in [0, 0.05) is 17.0 Å². The summed E-state index contributed by atoms with van der Waals surface area (Å²) in [6.45, 7) is 0. The zero-order chi connectivity index (χ0) is 21.5. The standard InChI is InChI=1S/C23H15ClFN3OS2/c1-27-18-13-14(24)7-12-19(18)30-22(27)20-21(29)28(17-10-8-15(25)9-11-17)23(31-20)26-16-5-3-2-4-6-16/h2-13H,1H3. The van der Waals surface area contributed by atoms with Crippen molar-refractivity contribution in [3.05, 3.63) is 93.6 Å². The van der Waals surface area contributed by atoms with Gasteiger partial charge in [-0.2, -0.15) is 0 Å². The van der Waals surface area contributed by atoms with Crippen molar-refractivity contribution in [2.24, 2.45) is 4.99 Å². The molecular formula is C23H15ClFN3OS2. The second-order valence-corrected chi connectivity index (χ2v) is 9.30. The number of rotatable bonds is 2. The normalized spacial score (nSPS) is 19.5. The summed E-state index contributed by atoms with van der Waals surface area (Å²) in [5, 5.41) is 1.98. The van der Waals surface area contributed by atoms with E-state index in [1.54, 1.807) is 12.1 Å². The number of carbonyl (C=O) groups is 1. The average molecular weight is 468 g/mol. The number of amides is 1. The van der Waals surface area contributed by atoms with Crippen molar-refractivity contribution in [2.75, 3.05) is 16.8 Å². The van der Waals surface area contributed by atoms with E-state index < -0.39 is 0 Å². The van der Waals surface area contributed by atoms with Gasteiger partial charge in [-0.25, -0.2) is 9.38 Å². The Hall–Kier alpha value is -2.74. The van der Waals surface area contributed by atoms with Crippen LogP contribution < -0.4 is 9.80 Å². The van der Waals surface area contributed by atoms with Gasteiger partial charge in [0.2, 0.25) is 0 Å². The summed E-state index contributed by atoms with van der Waals surface area (Å²) in [5.74, 6) is -0.555. The second kappa shape index (κ2) is 8.07. The van der Waals surface area contributed by atoms with Gasteiger partial charge in [0.1, 0.15) is 10.7 Å².